The third-order valence-corrected chi connectivity index (χ3v) is 1.43. The summed E-state index contributed by atoms with van der Waals surface area (Å²) in [5.41, 5.74) is 6.24. The number of nitrogens with zero attached hydrogens (tertiary/aromatic N) is 2. The van der Waals surface area contributed by atoms with Crippen molar-refractivity contribution in [2.24, 2.45) is 0 Å². The number of nitrogens with two attached hydrogens (primary N) is 1. The zero-order valence-electron chi connectivity index (χ0n) is 7.45. The maximum absolute atomic E-state index is 5.39. The van der Waals surface area contributed by atoms with E-state index in [-0.39, 0.29) is 5.95 Å². The number of aryl methyl sites for hydroxylation is 1. The Labute approximate surface area is 77.1 Å². The molecule has 0 saturated carbocycles. The molecule has 0 bridgehead atoms. The summed E-state index contributed by atoms with van der Waals surface area (Å²) in [6.07, 6.45) is 7.25. The average molecular weight is 177 g/mol. The van der Waals surface area contributed by atoms with Crippen LogP contribution in [0, 0.1) is 19.3 Å². The number of hydrogen-bond donors (Lipinski definition) is 1. The smallest absolute Gasteiger partial charge is 0.223 e. The predicted octanol–water partition coefficient (Wildman–Crippen LogP) is 0.769. The monoisotopic (exact) mass is 177 g/mol. The summed E-state index contributed by atoms with van der Waals surface area (Å²) in [7, 11) is 0. The Kier molecular flexibility index (Phi) is 3.09. The molecule has 0 atom stereocenters. The molecule has 1 aromatic heterocycles. The first-order valence-electron chi connectivity index (χ1n) is 3.89. The van der Waals surface area contributed by atoms with Crippen LogP contribution in [0.3, 0.4) is 0 Å². The van der Waals surface area contributed by atoms with E-state index in [4.69, 9.17) is 16.9 Å². The summed E-state index contributed by atoms with van der Waals surface area (Å²) in [6.45, 7) is 2.30. The minimum atomic E-state index is 0.210. The van der Waals surface area contributed by atoms with E-state index in [1.54, 1.807) is 6.20 Å². The molecule has 0 spiro atoms. The van der Waals surface area contributed by atoms with Crippen LogP contribution in [0.1, 0.15) is 12.0 Å². The van der Waals surface area contributed by atoms with Crippen molar-refractivity contribution in [1.82, 2.24) is 9.97 Å². The Morgan fingerprint density at radius 2 is 2.46 bits per heavy atom. The van der Waals surface area contributed by atoms with E-state index < -0.39 is 0 Å². The molecule has 1 heterocycles. The molecule has 0 aliphatic rings. The molecule has 1 rings (SSSR count). The van der Waals surface area contributed by atoms with Crippen LogP contribution < -0.4 is 10.5 Å². The quantitative estimate of drug-likeness (QED) is 0.547. The van der Waals surface area contributed by atoms with Crippen LogP contribution in [0.5, 0.6) is 5.88 Å². The highest BCUT2D eigenvalue weighted by atomic mass is 16.5. The molecule has 0 unspecified atom stereocenters. The van der Waals surface area contributed by atoms with E-state index in [0.29, 0.717) is 18.9 Å². The second-order valence-electron chi connectivity index (χ2n) is 2.52. The molecule has 4 heteroatoms. The van der Waals surface area contributed by atoms with Crippen molar-refractivity contribution in [2.75, 3.05) is 12.3 Å². The minimum Gasteiger partial charge on any atom is -0.476 e. The number of anilines is 1. The fraction of sp³-hybridized carbons (Fsp3) is 0.333. The fourth-order valence-corrected chi connectivity index (χ4v) is 0.792. The van der Waals surface area contributed by atoms with Crippen molar-refractivity contribution in [3.8, 4) is 18.2 Å². The van der Waals surface area contributed by atoms with Crippen LogP contribution in [0.2, 0.25) is 0 Å². The van der Waals surface area contributed by atoms with Crippen LogP contribution >= 0.6 is 0 Å². The summed E-state index contributed by atoms with van der Waals surface area (Å²) in [5.74, 6) is 3.18. The third-order valence-electron chi connectivity index (χ3n) is 1.43. The molecule has 68 valence electrons. The topological polar surface area (TPSA) is 61.0 Å². The average Bonchev–Trinajstić information content (AvgIpc) is 2.11. The number of rotatable bonds is 3. The largest absolute Gasteiger partial charge is 0.476 e. The minimum absolute atomic E-state index is 0.210. The Morgan fingerprint density at radius 3 is 3.15 bits per heavy atom. The van der Waals surface area contributed by atoms with Gasteiger partial charge in [-0.25, -0.2) is 4.98 Å². The van der Waals surface area contributed by atoms with E-state index in [1.165, 1.54) is 0 Å². The van der Waals surface area contributed by atoms with Gasteiger partial charge in [0.1, 0.15) is 6.61 Å². The van der Waals surface area contributed by atoms with Gasteiger partial charge in [-0.3, -0.25) is 0 Å². The van der Waals surface area contributed by atoms with E-state index in [9.17, 15) is 0 Å². The number of hydrogen-bond acceptors (Lipinski definition) is 4. The lowest BCUT2D eigenvalue weighted by atomic mass is 10.4. The van der Waals surface area contributed by atoms with Gasteiger partial charge < -0.3 is 10.5 Å². The highest BCUT2D eigenvalue weighted by Gasteiger charge is 2.01. The van der Waals surface area contributed by atoms with E-state index in [1.807, 2.05) is 6.92 Å². The van der Waals surface area contributed by atoms with Gasteiger partial charge >= 0.3 is 0 Å². The Balaban J connectivity index is 2.65. The van der Waals surface area contributed by atoms with E-state index in [0.717, 1.165) is 5.56 Å². The molecule has 0 aliphatic carbocycles. The second kappa shape index (κ2) is 4.31. The van der Waals surface area contributed by atoms with E-state index >= 15 is 0 Å². The maximum atomic E-state index is 5.39. The molecule has 0 aromatic carbocycles. The maximum Gasteiger partial charge on any atom is 0.223 e. The lowest BCUT2D eigenvalue weighted by molar-refractivity contribution is 0.312. The normalized spacial score (nSPS) is 9.23. The third kappa shape index (κ3) is 2.64. The van der Waals surface area contributed by atoms with Crippen LogP contribution in [0.15, 0.2) is 6.20 Å². The van der Waals surface area contributed by atoms with Crippen molar-refractivity contribution in [1.29, 1.82) is 0 Å². The summed E-state index contributed by atoms with van der Waals surface area (Å²) >= 11 is 0. The van der Waals surface area contributed by atoms with E-state index in [2.05, 4.69) is 15.9 Å². The summed E-state index contributed by atoms with van der Waals surface area (Å²) < 4.78 is 5.28. The lowest BCUT2D eigenvalue weighted by Crippen LogP contribution is -2.03. The summed E-state index contributed by atoms with van der Waals surface area (Å²) in [5, 5.41) is 0. The van der Waals surface area contributed by atoms with Gasteiger partial charge in [0.05, 0.1) is 0 Å². The van der Waals surface area contributed by atoms with Crippen molar-refractivity contribution in [2.45, 2.75) is 13.3 Å². The van der Waals surface area contributed by atoms with Crippen LogP contribution in [0.4, 0.5) is 5.95 Å². The molecule has 4 nitrogen and oxygen atoms in total. The SMILES string of the molecule is C#CCCOc1nc(N)ncc1C. The van der Waals surface area contributed by atoms with Crippen molar-refractivity contribution in [3.05, 3.63) is 11.8 Å². The molecular weight excluding hydrogens is 166 g/mol. The fourth-order valence-electron chi connectivity index (χ4n) is 0.792. The Morgan fingerprint density at radius 1 is 1.69 bits per heavy atom. The van der Waals surface area contributed by atoms with Crippen LogP contribution in [0.25, 0.3) is 0 Å². The van der Waals surface area contributed by atoms with Crippen molar-refractivity contribution in [3.63, 3.8) is 0 Å². The predicted molar refractivity (Wildman–Crippen MR) is 50.1 cm³/mol. The van der Waals surface area contributed by atoms with Gasteiger partial charge in [-0.2, -0.15) is 4.98 Å². The molecule has 0 saturated heterocycles. The summed E-state index contributed by atoms with van der Waals surface area (Å²) in [4.78, 5) is 7.73. The number of aromatic nitrogens is 2. The standard InChI is InChI=1S/C9H11N3O/c1-3-4-5-13-8-7(2)6-11-9(10)12-8/h1,6H,4-5H2,2H3,(H2,10,11,12). The summed E-state index contributed by atoms with van der Waals surface area (Å²) in [6, 6.07) is 0. The van der Waals surface area contributed by atoms with Gasteiger partial charge in [0.2, 0.25) is 11.8 Å². The first kappa shape index (κ1) is 9.33. The van der Waals surface area contributed by atoms with Crippen molar-refractivity contribution >= 4 is 5.95 Å². The molecule has 0 aliphatic heterocycles. The molecule has 0 radical (unpaired) electrons. The molecule has 1 aromatic rings. The zero-order valence-corrected chi connectivity index (χ0v) is 7.45. The Hall–Kier alpha value is -1.76. The van der Waals surface area contributed by atoms with Gasteiger partial charge in [0.25, 0.3) is 0 Å². The number of ether oxygens (including phenoxy) is 1. The Bertz CT molecular complexity index is 330. The molecule has 2 N–H and O–H groups in total. The van der Waals surface area contributed by atoms with Crippen molar-refractivity contribution < 1.29 is 4.74 Å². The molecule has 0 fully saturated rings. The van der Waals surface area contributed by atoms with Gasteiger partial charge in [-0.15, -0.1) is 12.3 Å². The molecule has 0 amide bonds. The highest BCUT2D eigenvalue weighted by molar-refractivity contribution is 5.28. The number of terminal acetylenes is 1. The molecular formula is C9H11N3O. The van der Waals surface area contributed by atoms with Crippen LogP contribution in [-0.4, -0.2) is 16.6 Å². The first-order valence-corrected chi connectivity index (χ1v) is 3.89. The molecule has 13 heavy (non-hydrogen) atoms. The number of nitrogen functional groups attached to an aromatic ring is 1. The van der Waals surface area contributed by atoms with Gasteiger partial charge in [-0.1, -0.05) is 0 Å². The van der Waals surface area contributed by atoms with Gasteiger partial charge in [0.15, 0.2) is 0 Å². The zero-order chi connectivity index (χ0) is 9.68. The van der Waals surface area contributed by atoms with Gasteiger partial charge in [-0.05, 0) is 6.92 Å². The first-order chi connectivity index (χ1) is 6.24. The second-order valence-corrected chi connectivity index (χ2v) is 2.52. The van der Waals surface area contributed by atoms with Gasteiger partial charge in [0, 0.05) is 18.2 Å². The highest BCUT2D eigenvalue weighted by Crippen LogP contribution is 2.13. The lowest BCUT2D eigenvalue weighted by Gasteiger charge is -2.05. The van der Waals surface area contributed by atoms with Crippen LogP contribution in [-0.2, 0) is 0 Å².